The van der Waals surface area contributed by atoms with E-state index in [9.17, 15) is 0 Å². The van der Waals surface area contributed by atoms with Crippen LogP contribution in [0, 0.1) is 6.92 Å². The number of aryl methyl sites for hydroxylation is 1. The second-order valence-corrected chi connectivity index (χ2v) is 8.54. The molecule has 0 unspecified atom stereocenters. The highest BCUT2D eigenvalue weighted by molar-refractivity contribution is 6.11. The number of fused-ring (bicyclic) bond motifs is 5. The lowest BCUT2D eigenvalue weighted by Gasteiger charge is -2.22. The van der Waals surface area contributed by atoms with Crippen molar-refractivity contribution in [2.75, 3.05) is 0 Å². The number of hydrogen-bond acceptors (Lipinski definition) is 1. The van der Waals surface area contributed by atoms with Crippen LogP contribution in [0.15, 0.2) is 91.1 Å². The van der Waals surface area contributed by atoms with Crippen LogP contribution < -0.4 is 0 Å². The molecule has 31 heavy (non-hydrogen) atoms. The minimum Gasteiger partial charge on any atom is -0.313 e. The van der Waals surface area contributed by atoms with E-state index in [2.05, 4.69) is 90.4 Å². The molecule has 0 saturated carbocycles. The quantitative estimate of drug-likeness (QED) is 0.268. The standard InChI is InChI=1S/C29H20N2/c1-18-14-21-7-4-8-22-16-23-15-20(11-12-27(23)31(18)29(21)22)26-17-19-6-2-3-9-24(19)28-25(26)10-5-13-30-28/h2-15,17H,16H2,1H3. The minimum atomic E-state index is 0.966. The number of benzene rings is 4. The van der Waals surface area contributed by atoms with E-state index < -0.39 is 0 Å². The summed E-state index contributed by atoms with van der Waals surface area (Å²) in [6, 6.07) is 31.0. The second-order valence-electron chi connectivity index (χ2n) is 8.54. The molecule has 4 aromatic carbocycles. The summed E-state index contributed by atoms with van der Waals surface area (Å²) in [7, 11) is 0. The topological polar surface area (TPSA) is 17.8 Å². The summed E-state index contributed by atoms with van der Waals surface area (Å²) < 4.78 is 2.42. The Labute approximate surface area is 180 Å². The molecule has 3 heterocycles. The zero-order valence-corrected chi connectivity index (χ0v) is 17.3. The third-order valence-corrected chi connectivity index (χ3v) is 6.72. The predicted molar refractivity (Wildman–Crippen MR) is 129 cm³/mol. The van der Waals surface area contributed by atoms with Gasteiger partial charge in [-0.05, 0) is 64.9 Å². The molecule has 0 radical (unpaired) electrons. The van der Waals surface area contributed by atoms with Crippen LogP contribution in [0.1, 0.15) is 16.8 Å². The summed E-state index contributed by atoms with van der Waals surface area (Å²) in [4.78, 5) is 4.74. The molecule has 2 aromatic heterocycles. The first-order valence-corrected chi connectivity index (χ1v) is 10.8. The summed E-state index contributed by atoms with van der Waals surface area (Å²) >= 11 is 0. The van der Waals surface area contributed by atoms with E-state index in [4.69, 9.17) is 4.98 Å². The van der Waals surface area contributed by atoms with Gasteiger partial charge in [-0.25, -0.2) is 0 Å². The van der Waals surface area contributed by atoms with Gasteiger partial charge in [0.15, 0.2) is 0 Å². The Morgan fingerprint density at radius 2 is 1.61 bits per heavy atom. The van der Waals surface area contributed by atoms with Crippen LogP contribution in [0.4, 0.5) is 0 Å². The molecule has 1 aliphatic rings. The number of hydrogen-bond donors (Lipinski definition) is 0. The Balaban J connectivity index is 1.50. The van der Waals surface area contributed by atoms with Gasteiger partial charge >= 0.3 is 0 Å². The fraction of sp³-hybridized carbons (Fsp3) is 0.0690. The summed E-state index contributed by atoms with van der Waals surface area (Å²) in [5.74, 6) is 0. The van der Waals surface area contributed by atoms with Crippen molar-refractivity contribution in [1.82, 2.24) is 9.55 Å². The van der Waals surface area contributed by atoms with Gasteiger partial charge in [-0.3, -0.25) is 4.98 Å². The lowest BCUT2D eigenvalue weighted by molar-refractivity contribution is 0.979. The van der Waals surface area contributed by atoms with Crippen molar-refractivity contribution < 1.29 is 0 Å². The van der Waals surface area contributed by atoms with Gasteiger partial charge in [0.2, 0.25) is 0 Å². The van der Waals surface area contributed by atoms with Gasteiger partial charge in [0.25, 0.3) is 0 Å². The fourth-order valence-electron chi connectivity index (χ4n) is 5.39. The first-order valence-electron chi connectivity index (χ1n) is 10.8. The summed E-state index contributed by atoms with van der Waals surface area (Å²) in [5.41, 5.74) is 10.3. The van der Waals surface area contributed by atoms with Crippen molar-refractivity contribution in [2.45, 2.75) is 13.3 Å². The van der Waals surface area contributed by atoms with Crippen molar-refractivity contribution in [3.63, 3.8) is 0 Å². The van der Waals surface area contributed by atoms with Crippen LogP contribution in [0.5, 0.6) is 0 Å². The van der Waals surface area contributed by atoms with Gasteiger partial charge in [0, 0.05) is 40.2 Å². The average molecular weight is 396 g/mol. The summed E-state index contributed by atoms with van der Waals surface area (Å²) in [5, 5.41) is 4.97. The van der Waals surface area contributed by atoms with Gasteiger partial charge < -0.3 is 4.57 Å². The molecule has 0 atom stereocenters. The van der Waals surface area contributed by atoms with Crippen molar-refractivity contribution in [1.29, 1.82) is 0 Å². The largest absolute Gasteiger partial charge is 0.313 e. The zero-order valence-electron chi connectivity index (χ0n) is 17.3. The van der Waals surface area contributed by atoms with Crippen LogP contribution in [0.2, 0.25) is 0 Å². The first-order chi connectivity index (χ1) is 15.3. The molecule has 2 nitrogen and oxygen atoms in total. The average Bonchev–Trinajstić information content (AvgIpc) is 3.16. The minimum absolute atomic E-state index is 0.966. The van der Waals surface area contributed by atoms with Crippen LogP contribution in [0.3, 0.4) is 0 Å². The molecule has 0 N–H and O–H groups in total. The summed E-state index contributed by atoms with van der Waals surface area (Å²) in [6.07, 6.45) is 2.86. The maximum absolute atomic E-state index is 4.74. The highest BCUT2D eigenvalue weighted by Gasteiger charge is 2.21. The monoisotopic (exact) mass is 396 g/mol. The number of para-hydroxylation sites is 1. The van der Waals surface area contributed by atoms with Gasteiger partial charge in [0.1, 0.15) is 0 Å². The Kier molecular flexibility index (Phi) is 3.29. The molecule has 0 bridgehead atoms. The lowest BCUT2D eigenvalue weighted by Crippen LogP contribution is -2.09. The van der Waals surface area contributed by atoms with E-state index in [0.29, 0.717) is 0 Å². The number of pyridine rings is 1. The maximum Gasteiger partial charge on any atom is 0.0786 e. The van der Waals surface area contributed by atoms with Crippen LogP contribution in [-0.2, 0) is 6.42 Å². The maximum atomic E-state index is 4.74. The van der Waals surface area contributed by atoms with Crippen LogP contribution in [0.25, 0.3) is 49.4 Å². The molecule has 7 rings (SSSR count). The van der Waals surface area contributed by atoms with E-state index in [1.54, 1.807) is 0 Å². The zero-order chi connectivity index (χ0) is 20.5. The molecular formula is C29H20N2. The third-order valence-electron chi connectivity index (χ3n) is 6.72. The van der Waals surface area contributed by atoms with E-state index in [0.717, 1.165) is 11.9 Å². The third kappa shape index (κ3) is 2.30. The SMILES string of the molecule is Cc1cc2cccc3c2n1-c1ccc(-c2cc4ccccc4c4ncccc24)cc1C3. The highest BCUT2D eigenvalue weighted by atomic mass is 15.0. The Bertz CT molecular complexity index is 1670. The molecule has 0 aliphatic carbocycles. The summed E-state index contributed by atoms with van der Waals surface area (Å²) in [6.45, 7) is 2.20. The van der Waals surface area contributed by atoms with E-state index in [-0.39, 0.29) is 0 Å². The molecule has 1 aliphatic heterocycles. The first kappa shape index (κ1) is 16.8. The second kappa shape index (κ2) is 6.05. The Morgan fingerprint density at radius 1 is 0.742 bits per heavy atom. The van der Waals surface area contributed by atoms with E-state index in [1.165, 1.54) is 60.7 Å². The van der Waals surface area contributed by atoms with Crippen molar-refractivity contribution in [3.05, 3.63) is 108 Å². The van der Waals surface area contributed by atoms with Gasteiger partial charge in [0.05, 0.1) is 11.0 Å². The number of aromatic nitrogens is 2. The van der Waals surface area contributed by atoms with Gasteiger partial charge in [-0.15, -0.1) is 0 Å². The number of nitrogens with zero attached hydrogens (tertiary/aromatic N) is 2. The van der Waals surface area contributed by atoms with Gasteiger partial charge in [-0.2, -0.15) is 0 Å². The van der Waals surface area contributed by atoms with Crippen molar-refractivity contribution in [3.8, 4) is 16.8 Å². The normalized spacial score (nSPS) is 12.5. The smallest absolute Gasteiger partial charge is 0.0786 e. The van der Waals surface area contributed by atoms with E-state index >= 15 is 0 Å². The van der Waals surface area contributed by atoms with Crippen LogP contribution >= 0.6 is 0 Å². The van der Waals surface area contributed by atoms with Crippen molar-refractivity contribution >= 4 is 32.6 Å². The Hall–Kier alpha value is -3.91. The number of rotatable bonds is 1. The molecular weight excluding hydrogens is 376 g/mol. The molecule has 0 amide bonds. The molecule has 2 heteroatoms. The molecule has 0 spiro atoms. The Morgan fingerprint density at radius 3 is 2.58 bits per heavy atom. The molecule has 146 valence electrons. The molecule has 0 saturated heterocycles. The fourth-order valence-corrected chi connectivity index (χ4v) is 5.39. The lowest BCUT2D eigenvalue weighted by atomic mass is 9.91. The van der Waals surface area contributed by atoms with E-state index in [1.807, 2.05) is 12.3 Å². The molecule has 6 aromatic rings. The highest BCUT2D eigenvalue weighted by Crippen LogP contribution is 2.39. The van der Waals surface area contributed by atoms with Gasteiger partial charge in [-0.1, -0.05) is 54.6 Å². The predicted octanol–water partition coefficient (Wildman–Crippen LogP) is 7.21. The molecule has 0 fully saturated rings. The van der Waals surface area contributed by atoms with Crippen LogP contribution in [-0.4, -0.2) is 9.55 Å². The van der Waals surface area contributed by atoms with Crippen molar-refractivity contribution in [2.24, 2.45) is 0 Å².